The van der Waals surface area contributed by atoms with Crippen LogP contribution < -0.4 is 4.74 Å². The Morgan fingerprint density at radius 3 is 2.83 bits per heavy atom. The highest BCUT2D eigenvalue weighted by Crippen LogP contribution is 2.27. The van der Waals surface area contributed by atoms with E-state index in [2.05, 4.69) is 4.98 Å². The molecule has 4 nitrogen and oxygen atoms in total. The van der Waals surface area contributed by atoms with Crippen LogP contribution in [0.2, 0.25) is 0 Å². The molecule has 0 aliphatic heterocycles. The lowest BCUT2D eigenvalue weighted by Gasteiger charge is -2.11. The second-order valence-corrected chi connectivity index (χ2v) is 5.25. The van der Waals surface area contributed by atoms with Gasteiger partial charge in [-0.15, -0.1) is 0 Å². The molecule has 0 saturated heterocycles. The van der Waals surface area contributed by atoms with Crippen LogP contribution in [0.25, 0.3) is 0 Å². The van der Waals surface area contributed by atoms with Crippen molar-refractivity contribution in [3.8, 4) is 5.75 Å². The highest BCUT2D eigenvalue weighted by Gasteiger charge is 2.18. The molecule has 0 spiro atoms. The van der Waals surface area contributed by atoms with E-state index in [-0.39, 0.29) is 29.0 Å². The van der Waals surface area contributed by atoms with Gasteiger partial charge in [0, 0.05) is 11.8 Å². The zero-order valence-corrected chi connectivity index (χ0v) is 12.8. The molecule has 0 unspecified atom stereocenters. The van der Waals surface area contributed by atoms with Crippen LogP contribution in [0.4, 0.5) is 13.2 Å². The minimum atomic E-state index is -2.71. The number of halogens is 3. The van der Waals surface area contributed by atoms with Crippen molar-refractivity contribution in [1.29, 1.82) is 0 Å². The molecule has 0 radical (unpaired) electrons. The average Bonchev–Trinajstić information content (AvgIpc) is 2.52. The van der Waals surface area contributed by atoms with Crippen molar-refractivity contribution in [2.45, 2.75) is 17.4 Å². The number of methoxy groups -OCH3 is 1. The van der Waals surface area contributed by atoms with E-state index in [0.717, 1.165) is 0 Å². The van der Waals surface area contributed by atoms with E-state index in [4.69, 9.17) is 9.47 Å². The molecule has 23 heavy (non-hydrogen) atoms. The fourth-order valence-corrected chi connectivity index (χ4v) is 2.37. The van der Waals surface area contributed by atoms with Crippen molar-refractivity contribution >= 4 is 17.7 Å². The summed E-state index contributed by atoms with van der Waals surface area (Å²) in [4.78, 5) is 15.8. The van der Waals surface area contributed by atoms with Crippen molar-refractivity contribution in [3.05, 3.63) is 53.5 Å². The second-order valence-electron chi connectivity index (χ2n) is 4.27. The minimum absolute atomic E-state index is 0.0758. The zero-order chi connectivity index (χ0) is 16.8. The van der Waals surface area contributed by atoms with E-state index in [1.54, 1.807) is 0 Å². The number of carbonyl (C=O) groups excluding carboxylic acids is 1. The molecule has 1 aromatic carbocycles. The number of alkyl halides is 2. The summed E-state index contributed by atoms with van der Waals surface area (Å²) in [6.45, 7) is -0.257. The van der Waals surface area contributed by atoms with Crippen LogP contribution in [-0.4, -0.2) is 23.8 Å². The van der Waals surface area contributed by atoms with Crippen LogP contribution in [0.1, 0.15) is 15.9 Å². The molecule has 0 amide bonds. The molecule has 1 aromatic heterocycles. The molecule has 0 N–H and O–H groups in total. The fraction of sp³-hybridized carbons (Fsp3) is 0.200. The van der Waals surface area contributed by atoms with Crippen LogP contribution in [0, 0.1) is 5.82 Å². The van der Waals surface area contributed by atoms with Crippen LogP contribution >= 0.6 is 11.8 Å². The maximum absolute atomic E-state index is 13.2. The Morgan fingerprint density at radius 2 is 2.13 bits per heavy atom. The van der Waals surface area contributed by atoms with E-state index in [1.165, 1.54) is 43.6 Å². The quantitative estimate of drug-likeness (QED) is 0.588. The molecule has 8 heteroatoms. The maximum Gasteiger partial charge on any atom is 0.341 e. The molecule has 2 rings (SSSR count). The van der Waals surface area contributed by atoms with Gasteiger partial charge in [-0.1, -0.05) is 0 Å². The van der Waals surface area contributed by atoms with Crippen LogP contribution in [0.5, 0.6) is 5.75 Å². The number of nitrogens with zero attached hydrogens (tertiary/aromatic N) is 1. The van der Waals surface area contributed by atoms with Gasteiger partial charge < -0.3 is 9.47 Å². The molecule has 0 atom stereocenters. The van der Waals surface area contributed by atoms with E-state index in [9.17, 15) is 18.0 Å². The second kappa shape index (κ2) is 7.87. The third kappa shape index (κ3) is 4.62. The third-order valence-electron chi connectivity index (χ3n) is 2.79. The molecular formula is C15H12F3NO3S. The highest BCUT2D eigenvalue weighted by atomic mass is 32.2. The molecule has 0 aliphatic rings. The van der Waals surface area contributed by atoms with Gasteiger partial charge in [-0.05, 0) is 42.1 Å². The Bertz CT molecular complexity index is 697. The smallest absolute Gasteiger partial charge is 0.341 e. The molecule has 0 bridgehead atoms. The standard InChI is InChI=1S/C15H12F3NO3S/c1-21-12-5-4-10(16)7-9(12)8-22-14(20)11-3-2-6-19-13(11)23-15(17)18/h2-7,15H,8H2,1H3. The van der Waals surface area contributed by atoms with Gasteiger partial charge in [0.1, 0.15) is 23.2 Å². The fourth-order valence-electron chi connectivity index (χ4n) is 1.81. The predicted octanol–water partition coefficient (Wildman–Crippen LogP) is 3.90. The predicted molar refractivity (Wildman–Crippen MR) is 78.2 cm³/mol. The van der Waals surface area contributed by atoms with E-state index in [0.29, 0.717) is 11.3 Å². The number of carbonyl (C=O) groups is 1. The molecule has 122 valence electrons. The Hall–Kier alpha value is -2.22. The number of benzene rings is 1. The van der Waals surface area contributed by atoms with Crippen molar-refractivity contribution in [1.82, 2.24) is 4.98 Å². The highest BCUT2D eigenvalue weighted by molar-refractivity contribution is 7.99. The number of hydrogen-bond donors (Lipinski definition) is 0. The largest absolute Gasteiger partial charge is 0.496 e. The summed E-state index contributed by atoms with van der Waals surface area (Å²) in [6, 6.07) is 6.56. The van der Waals surface area contributed by atoms with Gasteiger partial charge in [-0.3, -0.25) is 0 Å². The van der Waals surface area contributed by atoms with Crippen molar-refractivity contribution in [2.75, 3.05) is 7.11 Å². The van der Waals surface area contributed by atoms with Crippen molar-refractivity contribution in [3.63, 3.8) is 0 Å². The number of ether oxygens (including phenoxy) is 2. The lowest BCUT2D eigenvalue weighted by atomic mass is 10.2. The number of thioether (sulfide) groups is 1. The topological polar surface area (TPSA) is 48.4 Å². The first-order valence-electron chi connectivity index (χ1n) is 6.40. The van der Waals surface area contributed by atoms with E-state index < -0.39 is 17.5 Å². The first-order valence-corrected chi connectivity index (χ1v) is 7.28. The Labute approximate surface area is 134 Å². The molecule has 0 saturated carbocycles. The summed E-state index contributed by atoms with van der Waals surface area (Å²) in [5.41, 5.74) is 0.251. The summed E-state index contributed by atoms with van der Waals surface area (Å²) in [5.74, 6) is -3.69. The van der Waals surface area contributed by atoms with Gasteiger partial charge in [0.15, 0.2) is 0 Å². The van der Waals surface area contributed by atoms with Gasteiger partial charge in [0.2, 0.25) is 0 Å². The Balaban J connectivity index is 2.13. The number of rotatable bonds is 6. The number of pyridine rings is 1. The lowest BCUT2D eigenvalue weighted by molar-refractivity contribution is 0.0464. The van der Waals surface area contributed by atoms with Gasteiger partial charge in [0.05, 0.1) is 12.7 Å². The minimum Gasteiger partial charge on any atom is -0.496 e. The van der Waals surface area contributed by atoms with Gasteiger partial charge >= 0.3 is 5.97 Å². The van der Waals surface area contributed by atoms with Crippen LogP contribution in [0.3, 0.4) is 0 Å². The summed E-state index contributed by atoms with van der Waals surface area (Å²) >= 11 is 0.155. The number of aromatic nitrogens is 1. The van der Waals surface area contributed by atoms with Gasteiger partial charge in [-0.2, -0.15) is 8.78 Å². The maximum atomic E-state index is 13.2. The Kier molecular flexibility index (Phi) is 5.86. The SMILES string of the molecule is COc1ccc(F)cc1COC(=O)c1cccnc1SC(F)F. The van der Waals surface area contributed by atoms with E-state index in [1.807, 2.05) is 0 Å². The lowest BCUT2D eigenvalue weighted by Crippen LogP contribution is -2.09. The first-order chi connectivity index (χ1) is 11.0. The monoisotopic (exact) mass is 343 g/mol. The molecule has 0 aliphatic carbocycles. The molecular weight excluding hydrogens is 331 g/mol. The van der Waals surface area contributed by atoms with Gasteiger partial charge in [0.25, 0.3) is 5.76 Å². The number of esters is 1. The third-order valence-corrected chi connectivity index (χ3v) is 3.52. The summed E-state index contributed by atoms with van der Waals surface area (Å²) in [5, 5.41) is -0.126. The Morgan fingerprint density at radius 1 is 1.35 bits per heavy atom. The molecule has 1 heterocycles. The van der Waals surface area contributed by atoms with Crippen LogP contribution in [0.15, 0.2) is 41.6 Å². The summed E-state index contributed by atoms with van der Waals surface area (Å²) < 4.78 is 48.3. The van der Waals surface area contributed by atoms with Gasteiger partial charge in [-0.25, -0.2) is 14.2 Å². The normalized spacial score (nSPS) is 10.7. The molecule has 2 aromatic rings. The molecule has 0 fully saturated rings. The van der Waals surface area contributed by atoms with Crippen molar-refractivity contribution < 1.29 is 27.4 Å². The zero-order valence-electron chi connectivity index (χ0n) is 12.0. The average molecular weight is 343 g/mol. The van der Waals surface area contributed by atoms with E-state index >= 15 is 0 Å². The van der Waals surface area contributed by atoms with Crippen molar-refractivity contribution in [2.24, 2.45) is 0 Å². The summed E-state index contributed by atoms with van der Waals surface area (Å²) in [7, 11) is 1.40. The summed E-state index contributed by atoms with van der Waals surface area (Å²) in [6.07, 6.45) is 1.30. The first kappa shape index (κ1) is 17.1. The number of hydrogen-bond acceptors (Lipinski definition) is 5. The van der Waals surface area contributed by atoms with Crippen LogP contribution in [-0.2, 0) is 11.3 Å².